The molecule has 0 amide bonds. The normalized spacial score (nSPS) is 12.5. The molecule has 0 aliphatic rings. The minimum Gasteiger partial charge on any atom is -0.372 e. The molecule has 0 aliphatic carbocycles. The van der Waals surface area contributed by atoms with Crippen molar-refractivity contribution < 1.29 is 0 Å². The lowest BCUT2D eigenvalue weighted by Gasteiger charge is -2.21. The Hall–Kier alpha value is -1.02. The van der Waals surface area contributed by atoms with Gasteiger partial charge in [0.1, 0.15) is 0 Å². The van der Waals surface area contributed by atoms with Crippen LogP contribution in [0.3, 0.4) is 0 Å². The number of nitrogens with two attached hydrogens (primary N) is 1. The number of aryl methyl sites for hydroxylation is 1. The maximum Gasteiger partial charge on any atom is 0.0366 e. The third kappa shape index (κ3) is 3.86. The number of hydrogen-bond acceptors (Lipinski definition) is 2. The molecule has 0 heterocycles. The molecule has 90 valence electrons. The molecule has 1 unspecified atom stereocenters. The molecule has 2 heteroatoms. The zero-order valence-corrected chi connectivity index (χ0v) is 10.7. The Morgan fingerprint density at radius 1 is 1.12 bits per heavy atom. The second kappa shape index (κ2) is 6.54. The molecule has 2 nitrogen and oxygen atoms in total. The molecular formula is C14H24N2. The van der Waals surface area contributed by atoms with Crippen LogP contribution in [0.5, 0.6) is 0 Å². The van der Waals surface area contributed by atoms with Crippen LogP contribution in [0.15, 0.2) is 24.3 Å². The lowest BCUT2D eigenvalue weighted by molar-refractivity contribution is 0.666. The summed E-state index contributed by atoms with van der Waals surface area (Å²) in [7, 11) is 0. The molecule has 16 heavy (non-hydrogen) atoms. The van der Waals surface area contributed by atoms with Crippen LogP contribution < -0.4 is 10.6 Å². The molecular weight excluding hydrogens is 196 g/mol. The summed E-state index contributed by atoms with van der Waals surface area (Å²) in [6.45, 7) is 8.57. The Kier molecular flexibility index (Phi) is 5.33. The third-order valence-electron chi connectivity index (χ3n) is 2.95. The van der Waals surface area contributed by atoms with Crippen LogP contribution in [-0.2, 0) is 6.42 Å². The van der Waals surface area contributed by atoms with Crippen molar-refractivity contribution in [3.05, 3.63) is 29.8 Å². The summed E-state index contributed by atoms with van der Waals surface area (Å²) in [5, 5.41) is 0. The van der Waals surface area contributed by atoms with E-state index in [4.69, 9.17) is 5.73 Å². The predicted octanol–water partition coefficient (Wildman–Crippen LogP) is 2.81. The van der Waals surface area contributed by atoms with E-state index < -0.39 is 0 Å². The van der Waals surface area contributed by atoms with E-state index in [-0.39, 0.29) is 0 Å². The fraction of sp³-hybridized carbons (Fsp3) is 0.571. The van der Waals surface area contributed by atoms with Crippen LogP contribution in [0.2, 0.25) is 0 Å². The van der Waals surface area contributed by atoms with E-state index in [9.17, 15) is 0 Å². The van der Waals surface area contributed by atoms with Crippen molar-refractivity contribution in [3.8, 4) is 0 Å². The van der Waals surface area contributed by atoms with Crippen molar-refractivity contribution >= 4 is 5.69 Å². The van der Waals surface area contributed by atoms with Crippen LogP contribution >= 0.6 is 0 Å². The molecule has 2 N–H and O–H groups in total. The van der Waals surface area contributed by atoms with E-state index in [0.29, 0.717) is 6.04 Å². The fourth-order valence-electron chi connectivity index (χ4n) is 1.86. The van der Waals surface area contributed by atoms with Crippen molar-refractivity contribution in [2.45, 2.75) is 39.7 Å². The van der Waals surface area contributed by atoms with E-state index in [1.807, 2.05) is 0 Å². The second-order valence-electron chi connectivity index (χ2n) is 4.35. The third-order valence-corrected chi connectivity index (χ3v) is 2.95. The molecule has 0 bridgehead atoms. The van der Waals surface area contributed by atoms with Gasteiger partial charge in [0.25, 0.3) is 0 Å². The maximum atomic E-state index is 5.75. The average molecular weight is 220 g/mol. The lowest BCUT2D eigenvalue weighted by atomic mass is 10.1. The van der Waals surface area contributed by atoms with Gasteiger partial charge in [-0.3, -0.25) is 0 Å². The SMILES string of the molecule is CCN(CC)c1ccc(CCC(C)N)cc1. The number of benzene rings is 1. The van der Waals surface area contributed by atoms with Crippen molar-refractivity contribution in [1.82, 2.24) is 0 Å². The second-order valence-corrected chi connectivity index (χ2v) is 4.35. The van der Waals surface area contributed by atoms with Gasteiger partial charge in [-0.2, -0.15) is 0 Å². The topological polar surface area (TPSA) is 29.3 Å². The fourth-order valence-corrected chi connectivity index (χ4v) is 1.86. The number of anilines is 1. The van der Waals surface area contributed by atoms with E-state index in [2.05, 4.69) is 49.9 Å². The highest BCUT2D eigenvalue weighted by molar-refractivity contribution is 5.47. The Bertz CT molecular complexity index is 286. The Morgan fingerprint density at radius 2 is 1.69 bits per heavy atom. The molecule has 0 aliphatic heterocycles. The average Bonchev–Trinajstić information content (AvgIpc) is 2.29. The largest absolute Gasteiger partial charge is 0.372 e. The van der Waals surface area contributed by atoms with E-state index in [0.717, 1.165) is 25.9 Å². The minimum atomic E-state index is 0.294. The molecule has 0 spiro atoms. The van der Waals surface area contributed by atoms with E-state index >= 15 is 0 Å². The predicted molar refractivity (Wildman–Crippen MR) is 72.0 cm³/mol. The van der Waals surface area contributed by atoms with Crippen molar-refractivity contribution in [3.63, 3.8) is 0 Å². The Morgan fingerprint density at radius 3 is 2.12 bits per heavy atom. The molecule has 1 aromatic rings. The number of rotatable bonds is 6. The van der Waals surface area contributed by atoms with Gasteiger partial charge in [0.05, 0.1) is 0 Å². The van der Waals surface area contributed by atoms with Crippen LogP contribution in [0, 0.1) is 0 Å². The van der Waals surface area contributed by atoms with Crippen molar-refractivity contribution in [2.75, 3.05) is 18.0 Å². The van der Waals surface area contributed by atoms with E-state index in [1.165, 1.54) is 11.3 Å². The summed E-state index contributed by atoms with van der Waals surface area (Å²) in [6, 6.07) is 9.15. The lowest BCUT2D eigenvalue weighted by Crippen LogP contribution is -2.21. The quantitative estimate of drug-likeness (QED) is 0.798. The summed E-state index contributed by atoms with van der Waals surface area (Å²) in [5.74, 6) is 0. The molecule has 0 aromatic heterocycles. The standard InChI is InChI=1S/C14H24N2/c1-4-16(5-2)14-10-8-13(9-11-14)7-6-12(3)15/h8-12H,4-7,15H2,1-3H3. The van der Waals surface area contributed by atoms with Gasteiger partial charge in [0, 0.05) is 24.8 Å². The zero-order chi connectivity index (χ0) is 12.0. The smallest absolute Gasteiger partial charge is 0.0366 e. The van der Waals surface area contributed by atoms with E-state index in [1.54, 1.807) is 0 Å². The summed E-state index contributed by atoms with van der Waals surface area (Å²) in [5.41, 5.74) is 8.45. The van der Waals surface area contributed by atoms with Gasteiger partial charge in [-0.1, -0.05) is 12.1 Å². The molecule has 0 saturated carbocycles. The summed E-state index contributed by atoms with van der Waals surface area (Å²) >= 11 is 0. The zero-order valence-electron chi connectivity index (χ0n) is 10.7. The van der Waals surface area contributed by atoms with Crippen LogP contribution in [-0.4, -0.2) is 19.1 Å². The summed E-state index contributed by atoms with van der Waals surface area (Å²) in [4.78, 5) is 2.36. The molecule has 0 fully saturated rings. The first-order chi connectivity index (χ1) is 7.67. The van der Waals surface area contributed by atoms with Crippen LogP contribution in [0.4, 0.5) is 5.69 Å². The summed E-state index contributed by atoms with van der Waals surface area (Å²) in [6.07, 6.45) is 2.14. The molecule has 0 radical (unpaired) electrons. The number of hydrogen-bond donors (Lipinski definition) is 1. The Balaban J connectivity index is 2.60. The summed E-state index contributed by atoms with van der Waals surface area (Å²) < 4.78 is 0. The highest BCUT2D eigenvalue weighted by Gasteiger charge is 2.01. The monoisotopic (exact) mass is 220 g/mol. The Labute approximate surface area is 99.5 Å². The minimum absolute atomic E-state index is 0.294. The van der Waals surface area contributed by atoms with Gasteiger partial charge in [-0.25, -0.2) is 0 Å². The van der Waals surface area contributed by atoms with Crippen molar-refractivity contribution in [2.24, 2.45) is 5.73 Å². The van der Waals surface area contributed by atoms with Gasteiger partial charge in [0.15, 0.2) is 0 Å². The van der Waals surface area contributed by atoms with Gasteiger partial charge in [-0.05, 0) is 51.3 Å². The van der Waals surface area contributed by atoms with Gasteiger partial charge in [-0.15, -0.1) is 0 Å². The first kappa shape index (κ1) is 13.0. The highest BCUT2D eigenvalue weighted by Crippen LogP contribution is 2.15. The molecule has 0 saturated heterocycles. The van der Waals surface area contributed by atoms with Gasteiger partial charge in [0.2, 0.25) is 0 Å². The molecule has 1 aromatic carbocycles. The highest BCUT2D eigenvalue weighted by atomic mass is 15.1. The van der Waals surface area contributed by atoms with Crippen LogP contribution in [0.25, 0.3) is 0 Å². The van der Waals surface area contributed by atoms with Crippen molar-refractivity contribution in [1.29, 1.82) is 0 Å². The van der Waals surface area contributed by atoms with Gasteiger partial charge < -0.3 is 10.6 Å². The molecule has 1 rings (SSSR count). The maximum absolute atomic E-state index is 5.75. The first-order valence-corrected chi connectivity index (χ1v) is 6.26. The number of nitrogens with zero attached hydrogens (tertiary/aromatic N) is 1. The molecule has 1 atom stereocenters. The van der Waals surface area contributed by atoms with Crippen LogP contribution in [0.1, 0.15) is 32.8 Å². The van der Waals surface area contributed by atoms with Gasteiger partial charge >= 0.3 is 0 Å². The first-order valence-electron chi connectivity index (χ1n) is 6.26.